The van der Waals surface area contributed by atoms with Gasteiger partial charge in [0.1, 0.15) is 5.82 Å². The first-order valence-corrected chi connectivity index (χ1v) is 6.76. The van der Waals surface area contributed by atoms with Crippen LogP contribution in [0.5, 0.6) is 0 Å². The van der Waals surface area contributed by atoms with E-state index >= 15 is 0 Å². The molecule has 18 heavy (non-hydrogen) atoms. The van der Waals surface area contributed by atoms with Crippen molar-refractivity contribution in [2.75, 3.05) is 21.1 Å². The highest BCUT2D eigenvalue weighted by atomic mass is 15.2. The lowest BCUT2D eigenvalue weighted by atomic mass is 9.85. The lowest BCUT2D eigenvalue weighted by Crippen LogP contribution is -2.56. The molecule has 1 aromatic rings. The fraction of sp³-hybridized carbons (Fsp3) is 0.786. The summed E-state index contributed by atoms with van der Waals surface area (Å²) in [5, 5.41) is 3.48. The minimum atomic E-state index is 0.180. The van der Waals surface area contributed by atoms with E-state index in [1.807, 2.05) is 12.4 Å². The highest BCUT2D eigenvalue weighted by Gasteiger charge is 2.33. The lowest BCUT2D eigenvalue weighted by molar-refractivity contribution is 0.112. The SMILES string of the molecule is CCC(C)(C(CCc1nccn1C)NC)N(C)C. The molecule has 4 nitrogen and oxygen atoms in total. The van der Waals surface area contributed by atoms with E-state index < -0.39 is 0 Å². The van der Waals surface area contributed by atoms with Gasteiger partial charge in [0.25, 0.3) is 0 Å². The van der Waals surface area contributed by atoms with Gasteiger partial charge in [0.15, 0.2) is 0 Å². The van der Waals surface area contributed by atoms with E-state index in [-0.39, 0.29) is 5.54 Å². The monoisotopic (exact) mass is 252 g/mol. The maximum absolute atomic E-state index is 4.40. The van der Waals surface area contributed by atoms with Crippen LogP contribution in [0.4, 0.5) is 0 Å². The number of aromatic nitrogens is 2. The zero-order chi connectivity index (χ0) is 13.8. The maximum atomic E-state index is 4.40. The second-order valence-corrected chi connectivity index (χ2v) is 5.44. The first-order chi connectivity index (χ1) is 8.45. The van der Waals surface area contributed by atoms with E-state index in [1.54, 1.807) is 0 Å². The Balaban J connectivity index is 2.70. The molecule has 0 bridgehead atoms. The molecule has 2 unspecified atom stereocenters. The summed E-state index contributed by atoms with van der Waals surface area (Å²) in [5.74, 6) is 1.16. The van der Waals surface area contributed by atoms with Crippen molar-refractivity contribution in [3.8, 4) is 0 Å². The standard InChI is InChI=1S/C14H28N4/c1-7-14(2,17(4)5)12(15-3)8-9-13-16-10-11-18(13)6/h10-12,15H,7-9H2,1-6H3. The third-order valence-electron chi connectivity index (χ3n) is 4.41. The Labute approximate surface area is 111 Å². The number of likely N-dealkylation sites (N-methyl/N-ethyl adjacent to an activating group) is 2. The van der Waals surface area contributed by atoms with Crippen molar-refractivity contribution < 1.29 is 0 Å². The molecule has 4 heteroatoms. The van der Waals surface area contributed by atoms with Crippen molar-refractivity contribution in [2.24, 2.45) is 7.05 Å². The fourth-order valence-corrected chi connectivity index (χ4v) is 2.55. The Hall–Kier alpha value is -0.870. The molecule has 1 aromatic heterocycles. The zero-order valence-corrected chi connectivity index (χ0v) is 12.7. The van der Waals surface area contributed by atoms with Crippen molar-refractivity contribution in [1.29, 1.82) is 0 Å². The summed E-state index contributed by atoms with van der Waals surface area (Å²) in [6.07, 6.45) is 7.12. The molecule has 0 aliphatic rings. The molecule has 1 N–H and O–H groups in total. The Bertz CT molecular complexity index is 358. The van der Waals surface area contributed by atoms with Crippen LogP contribution in [0.15, 0.2) is 12.4 Å². The number of hydrogen-bond acceptors (Lipinski definition) is 3. The molecule has 0 radical (unpaired) electrons. The smallest absolute Gasteiger partial charge is 0.108 e. The van der Waals surface area contributed by atoms with Crippen LogP contribution >= 0.6 is 0 Å². The highest BCUT2D eigenvalue weighted by Crippen LogP contribution is 2.24. The van der Waals surface area contributed by atoms with E-state index in [0.717, 1.165) is 25.1 Å². The van der Waals surface area contributed by atoms with Crippen LogP contribution in [-0.4, -0.2) is 47.2 Å². The Kier molecular flexibility index (Phi) is 5.35. The average molecular weight is 252 g/mol. The molecule has 0 aliphatic carbocycles. The first-order valence-electron chi connectivity index (χ1n) is 6.76. The first kappa shape index (κ1) is 15.2. The molecule has 0 aliphatic heterocycles. The van der Waals surface area contributed by atoms with Gasteiger partial charge in [0, 0.05) is 37.4 Å². The van der Waals surface area contributed by atoms with Gasteiger partial charge in [-0.3, -0.25) is 0 Å². The van der Waals surface area contributed by atoms with Gasteiger partial charge in [0.2, 0.25) is 0 Å². The topological polar surface area (TPSA) is 33.1 Å². The summed E-state index contributed by atoms with van der Waals surface area (Å²) in [7, 11) is 8.44. The van der Waals surface area contributed by atoms with Crippen molar-refractivity contribution in [3.05, 3.63) is 18.2 Å². The normalized spacial score (nSPS) is 16.8. The van der Waals surface area contributed by atoms with Gasteiger partial charge in [-0.05, 0) is 40.9 Å². The minimum Gasteiger partial charge on any atom is -0.338 e. The number of nitrogens with one attached hydrogen (secondary N) is 1. The number of nitrogens with zero attached hydrogens (tertiary/aromatic N) is 3. The summed E-state index contributed by atoms with van der Waals surface area (Å²) in [6, 6.07) is 0.467. The molecule has 0 saturated carbocycles. The van der Waals surface area contributed by atoms with Gasteiger partial charge in [-0.25, -0.2) is 4.98 Å². The Morgan fingerprint density at radius 2 is 2.17 bits per heavy atom. The molecular weight excluding hydrogens is 224 g/mol. The van der Waals surface area contributed by atoms with Crippen molar-refractivity contribution >= 4 is 0 Å². The highest BCUT2D eigenvalue weighted by molar-refractivity contribution is 4.98. The third-order valence-corrected chi connectivity index (χ3v) is 4.41. The number of imidazole rings is 1. The van der Waals surface area contributed by atoms with Crippen LogP contribution in [-0.2, 0) is 13.5 Å². The second-order valence-electron chi connectivity index (χ2n) is 5.44. The van der Waals surface area contributed by atoms with Gasteiger partial charge in [-0.15, -0.1) is 0 Å². The van der Waals surface area contributed by atoms with E-state index in [0.29, 0.717) is 6.04 Å². The van der Waals surface area contributed by atoms with E-state index in [1.165, 1.54) is 0 Å². The summed E-state index contributed by atoms with van der Waals surface area (Å²) in [4.78, 5) is 6.72. The molecule has 104 valence electrons. The van der Waals surface area contributed by atoms with Crippen molar-refractivity contribution in [1.82, 2.24) is 19.8 Å². The third kappa shape index (κ3) is 3.12. The summed E-state index contributed by atoms with van der Waals surface area (Å²) >= 11 is 0. The van der Waals surface area contributed by atoms with Crippen molar-refractivity contribution in [3.63, 3.8) is 0 Å². The summed E-state index contributed by atoms with van der Waals surface area (Å²) in [6.45, 7) is 4.58. The van der Waals surface area contributed by atoms with E-state index in [9.17, 15) is 0 Å². The minimum absolute atomic E-state index is 0.180. The van der Waals surface area contributed by atoms with E-state index in [2.05, 4.69) is 61.8 Å². The van der Waals surface area contributed by atoms with E-state index in [4.69, 9.17) is 0 Å². The molecular formula is C14H28N4. The van der Waals surface area contributed by atoms with Crippen LogP contribution in [0.3, 0.4) is 0 Å². The van der Waals surface area contributed by atoms with Crippen molar-refractivity contribution in [2.45, 2.75) is 44.7 Å². The van der Waals surface area contributed by atoms with Gasteiger partial charge in [-0.2, -0.15) is 0 Å². The Morgan fingerprint density at radius 1 is 1.50 bits per heavy atom. The van der Waals surface area contributed by atoms with Crippen LogP contribution < -0.4 is 5.32 Å². The maximum Gasteiger partial charge on any atom is 0.108 e. The van der Waals surface area contributed by atoms with Crippen LogP contribution in [0.25, 0.3) is 0 Å². The molecule has 1 heterocycles. The Morgan fingerprint density at radius 3 is 2.56 bits per heavy atom. The molecule has 0 fully saturated rings. The van der Waals surface area contributed by atoms with Gasteiger partial charge < -0.3 is 14.8 Å². The number of aryl methyl sites for hydroxylation is 2. The molecule has 0 aromatic carbocycles. The molecule has 0 saturated heterocycles. The van der Waals surface area contributed by atoms with Gasteiger partial charge >= 0.3 is 0 Å². The fourth-order valence-electron chi connectivity index (χ4n) is 2.55. The number of rotatable bonds is 7. The van der Waals surface area contributed by atoms with Crippen LogP contribution in [0.1, 0.15) is 32.5 Å². The van der Waals surface area contributed by atoms with Gasteiger partial charge in [0.05, 0.1) is 0 Å². The average Bonchev–Trinajstić information content (AvgIpc) is 2.75. The quantitative estimate of drug-likeness (QED) is 0.801. The van der Waals surface area contributed by atoms with Crippen LogP contribution in [0, 0.1) is 0 Å². The molecule has 1 rings (SSSR count). The van der Waals surface area contributed by atoms with Crippen LogP contribution in [0.2, 0.25) is 0 Å². The molecule has 0 amide bonds. The summed E-state index contributed by atoms with van der Waals surface area (Å²) in [5.41, 5.74) is 0.180. The van der Waals surface area contributed by atoms with Gasteiger partial charge in [-0.1, -0.05) is 6.92 Å². The predicted molar refractivity (Wildman–Crippen MR) is 76.8 cm³/mol. The lowest BCUT2D eigenvalue weighted by Gasteiger charge is -2.42. The predicted octanol–water partition coefficient (Wildman–Crippen LogP) is 1.67. The zero-order valence-electron chi connectivity index (χ0n) is 12.7. The molecule has 0 spiro atoms. The molecule has 2 atom stereocenters. The largest absolute Gasteiger partial charge is 0.338 e. The summed E-state index contributed by atoms with van der Waals surface area (Å²) < 4.78 is 2.10. The number of hydrogen-bond donors (Lipinski definition) is 1. The second kappa shape index (κ2) is 6.34.